The zero-order valence-corrected chi connectivity index (χ0v) is 14.3. The van der Waals surface area contributed by atoms with Gasteiger partial charge in [0, 0.05) is 45.8 Å². The van der Waals surface area contributed by atoms with Crippen LogP contribution in [0.5, 0.6) is 0 Å². The third-order valence-electron chi connectivity index (χ3n) is 5.45. The molecule has 2 fully saturated rings. The highest BCUT2D eigenvalue weighted by Gasteiger charge is 2.30. The predicted molar refractivity (Wildman–Crippen MR) is 88.6 cm³/mol. The van der Waals surface area contributed by atoms with Gasteiger partial charge in [0.15, 0.2) is 0 Å². The largest absolute Gasteiger partial charge is 0.393 e. The minimum atomic E-state index is -0.0560. The van der Waals surface area contributed by atoms with Crippen LogP contribution in [-0.2, 0) is 0 Å². The molecule has 0 aromatic rings. The van der Waals surface area contributed by atoms with E-state index in [-0.39, 0.29) is 6.10 Å². The smallest absolute Gasteiger partial charge is 0.0580 e. The van der Waals surface area contributed by atoms with Gasteiger partial charge in [-0.3, -0.25) is 4.90 Å². The molecule has 4 nitrogen and oxygen atoms in total. The summed E-state index contributed by atoms with van der Waals surface area (Å²) >= 11 is 0. The van der Waals surface area contributed by atoms with Crippen molar-refractivity contribution in [3.63, 3.8) is 0 Å². The zero-order chi connectivity index (χ0) is 15.2. The van der Waals surface area contributed by atoms with Crippen molar-refractivity contribution in [2.45, 2.75) is 38.7 Å². The van der Waals surface area contributed by atoms with E-state index in [0.29, 0.717) is 5.92 Å². The Hall–Kier alpha value is -0.160. The molecule has 1 aliphatic carbocycles. The van der Waals surface area contributed by atoms with Crippen molar-refractivity contribution < 1.29 is 5.11 Å². The Balaban J connectivity index is 1.70. The molecule has 0 amide bonds. The van der Waals surface area contributed by atoms with Gasteiger partial charge in [-0.1, -0.05) is 13.3 Å². The Morgan fingerprint density at radius 1 is 1.05 bits per heavy atom. The molecule has 1 saturated heterocycles. The third kappa shape index (κ3) is 5.51. The number of piperazine rings is 1. The standard InChI is InChI=1S/C17H35N3O/c1-4-15-5-6-17(21)16(13-15)14-20-11-9-19(10-12-20)8-7-18(2)3/h15-17,21H,4-14H2,1-3H3. The Bertz CT molecular complexity index is 290. The van der Waals surface area contributed by atoms with Crippen LogP contribution in [-0.4, -0.2) is 85.8 Å². The molecular formula is C17H35N3O. The molecule has 1 saturated carbocycles. The fraction of sp³-hybridized carbons (Fsp3) is 1.00. The summed E-state index contributed by atoms with van der Waals surface area (Å²) in [5.74, 6) is 1.36. The number of aliphatic hydroxyl groups excluding tert-OH is 1. The number of aliphatic hydroxyl groups is 1. The van der Waals surface area contributed by atoms with E-state index in [2.05, 4.69) is 35.7 Å². The highest BCUT2D eigenvalue weighted by Crippen LogP contribution is 2.32. The van der Waals surface area contributed by atoms with E-state index in [1.54, 1.807) is 0 Å². The topological polar surface area (TPSA) is 30.0 Å². The first kappa shape index (κ1) is 17.2. The molecule has 0 radical (unpaired) electrons. The second kappa shape index (κ2) is 8.47. The van der Waals surface area contributed by atoms with Crippen molar-refractivity contribution >= 4 is 0 Å². The first-order chi connectivity index (χ1) is 10.1. The molecule has 2 aliphatic rings. The molecule has 1 N–H and O–H groups in total. The Kier molecular flexibility index (Phi) is 6.93. The van der Waals surface area contributed by atoms with E-state index in [4.69, 9.17) is 0 Å². The Morgan fingerprint density at radius 3 is 2.33 bits per heavy atom. The summed E-state index contributed by atoms with van der Waals surface area (Å²) in [6, 6.07) is 0. The average molecular weight is 297 g/mol. The molecule has 1 heterocycles. The molecule has 0 bridgehead atoms. The van der Waals surface area contributed by atoms with Gasteiger partial charge in [-0.2, -0.15) is 0 Å². The summed E-state index contributed by atoms with van der Waals surface area (Å²) < 4.78 is 0. The minimum Gasteiger partial charge on any atom is -0.393 e. The van der Waals surface area contributed by atoms with E-state index in [0.717, 1.165) is 25.4 Å². The van der Waals surface area contributed by atoms with Crippen LogP contribution in [0.25, 0.3) is 0 Å². The van der Waals surface area contributed by atoms with Gasteiger partial charge in [0.25, 0.3) is 0 Å². The second-order valence-electron chi connectivity index (χ2n) is 7.36. The zero-order valence-electron chi connectivity index (χ0n) is 14.3. The first-order valence-electron chi connectivity index (χ1n) is 8.86. The molecule has 0 aromatic carbocycles. The Labute approximate surface area is 131 Å². The fourth-order valence-electron chi connectivity index (χ4n) is 3.78. The molecular weight excluding hydrogens is 262 g/mol. The van der Waals surface area contributed by atoms with Crippen molar-refractivity contribution in [1.82, 2.24) is 14.7 Å². The lowest BCUT2D eigenvalue weighted by Gasteiger charge is -2.40. The minimum absolute atomic E-state index is 0.0560. The first-order valence-corrected chi connectivity index (χ1v) is 8.86. The van der Waals surface area contributed by atoms with Crippen LogP contribution in [0.4, 0.5) is 0 Å². The van der Waals surface area contributed by atoms with Gasteiger partial charge in [-0.25, -0.2) is 0 Å². The van der Waals surface area contributed by atoms with Gasteiger partial charge in [-0.05, 0) is 45.2 Å². The summed E-state index contributed by atoms with van der Waals surface area (Å²) in [7, 11) is 4.29. The van der Waals surface area contributed by atoms with Gasteiger partial charge >= 0.3 is 0 Å². The molecule has 2 rings (SSSR count). The number of likely N-dealkylation sites (N-methyl/N-ethyl adjacent to an activating group) is 1. The summed E-state index contributed by atoms with van der Waals surface area (Å²) in [6.45, 7) is 10.5. The van der Waals surface area contributed by atoms with E-state index >= 15 is 0 Å². The molecule has 0 aromatic heterocycles. The van der Waals surface area contributed by atoms with Crippen LogP contribution in [0.2, 0.25) is 0 Å². The lowest BCUT2D eigenvalue weighted by molar-refractivity contribution is 0.0159. The maximum Gasteiger partial charge on any atom is 0.0580 e. The van der Waals surface area contributed by atoms with E-state index in [9.17, 15) is 5.11 Å². The van der Waals surface area contributed by atoms with Crippen LogP contribution < -0.4 is 0 Å². The van der Waals surface area contributed by atoms with Crippen molar-refractivity contribution in [2.75, 3.05) is 59.9 Å². The van der Waals surface area contributed by atoms with Crippen LogP contribution in [0.15, 0.2) is 0 Å². The van der Waals surface area contributed by atoms with Gasteiger partial charge in [0.05, 0.1) is 6.10 Å². The molecule has 4 heteroatoms. The van der Waals surface area contributed by atoms with Gasteiger partial charge in [-0.15, -0.1) is 0 Å². The summed E-state index contributed by atoms with van der Waals surface area (Å²) in [5, 5.41) is 10.3. The number of hydrogen-bond acceptors (Lipinski definition) is 4. The van der Waals surface area contributed by atoms with Crippen LogP contribution >= 0.6 is 0 Å². The monoisotopic (exact) mass is 297 g/mol. The lowest BCUT2D eigenvalue weighted by Crippen LogP contribution is -2.50. The van der Waals surface area contributed by atoms with E-state index < -0.39 is 0 Å². The molecule has 0 spiro atoms. The van der Waals surface area contributed by atoms with E-state index in [1.165, 1.54) is 52.0 Å². The molecule has 3 unspecified atom stereocenters. The van der Waals surface area contributed by atoms with E-state index in [1.807, 2.05) is 0 Å². The second-order valence-corrected chi connectivity index (χ2v) is 7.36. The van der Waals surface area contributed by atoms with Crippen LogP contribution in [0.1, 0.15) is 32.6 Å². The van der Waals surface area contributed by atoms with Gasteiger partial charge < -0.3 is 14.9 Å². The van der Waals surface area contributed by atoms with Gasteiger partial charge in [0.1, 0.15) is 0 Å². The Morgan fingerprint density at radius 2 is 1.71 bits per heavy atom. The molecule has 21 heavy (non-hydrogen) atoms. The van der Waals surface area contributed by atoms with Crippen molar-refractivity contribution in [3.8, 4) is 0 Å². The maximum absolute atomic E-state index is 10.3. The maximum atomic E-state index is 10.3. The lowest BCUT2D eigenvalue weighted by atomic mass is 9.78. The summed E-state index contributed by atoms with van der Waals surface area (Å²) in [4.78, 5) is 7.41. The quantitative estimate of drug-likeness (QED) is 0.802. The highest BCUT2D eigenvalue weighted by molar-refractivity contribution is 4.83. The van der Waals surface area contributed by atoms with Crippen molar-refractivity contribution in [1.29, 1.82) is 0 Å². The normalized spacial score (nSPS) is 32.7. The van der Waals surface area contributed by atoms with Crippen molar-refractivity contribution in [3.05, 3.63) is 0 Å². The fourth-order valence-corrected chi connectivity index (χ4v) is 3.78. The summed E-state index contributed by atoms with van der Waals surface area (Å²) in [6.07, 6.45) is 4.71. The van der Waals surface area contributed by atoms with Gasteiger partial charge in [0.2, 0.25) is 0 Å². The molecule has 1 aliphatic heterocycles. The third-order valence-corrected chi connectivity index (χ3v) is 5.45. The number of hydrogen-bond donors (Lipinski definition) is 1. The highest BCUT2D eigenvalue weighted by atomic mass is 16.3. The van der Waals surface area contributed by atoms with Crippen LogP contribution in [0, 0.1) is 11.8 Å². The molecule has 124 valence electrons. The SMILES string of the molecule is CCC1CCC(O)C(CN2CCN(CCN(C)C)CC2)C1. The molecule has 3 atom stereocenters. The van der Waals surface area contributed by atoms with Crippen molar-refractivity contribution in [2.24, 2.45) is 11.8 Å². The number of nitrogens with zero attached hydrogens (tertiary/aromatic N) is 3. The number of rotatable bonds is 6. The predicted octanol–water partition coefficient (Wildman–Crippen LogP) is 1.35. The average Bonchev–Trinajstić information content (AvgIpc) is 2.48. The summed E-state index contributed by atoms with van der Waals surface area (Å²) in [5.41, 5.74) is 0. The van der Waals surface area contributed by atoms with Crippen LogP contribution in [0.3, 0.4) is 0 Å².